The summed E-state index contributed by atoms with van der Waals surface area (Å²) in [4.78, 5) is 11.7. The molecule has 37 heavy (non-hydrogen) atoms. The molecule has 2 aromatic rings. The van der Waals surface area contributed by atoms with Crippen LogP contribution in [0.2, 0.25) is 0 Å². The predicted molar refractivity (Wildman–Crippen MR) is 143 cm³/mol. The molecular formula is C27H42N6O4. The topological polar surface area (TPSA) is 144 Å². The summed E-state index contributed by atoms with van der Waals surface area (Å²) in [5.41, 5.74) is 8.67. The zero-order valence-electron chi connectivity index (χ0n) is 22.7. The lowest BCUT2D eigenvalue weighted by Gasteiger charge is -2.39. The normalized spacial score (nSPS) is 21.5. The van der Waals surface area contributed by atoms with E-state index in [1.807, 2.05) is 0 Å². The highest BCUT2D eigenvalue weighted by molar-refractivity contribution is 6.05. The number of aliphatic hydroxyl groups is 1. The number of hydrogen-bond donors (Lipinski definition) is 3. The second-order valence-electron chi connectivity index (χ2n) is 10.4. The molecule has 4 N–H and O–H groups in total. The van der Waals surface area contributed by atoms with Gasteiger partial charge in [0.15, 0.2) is 17.3 Å². The van der Waals surface area contributed by atoms with E-state index in [0.29, 0.717) is 54.2 Å². The van der Waals surface area contributed by atoms with E-state index < -0.39 is 5.79 Å². The third kappa shape index (κ3) is 5.51. The second-order valence-corrected chi connectivity index (χ2v) is 10.4. The Hall–Kier alpha value is -2.56. The average molecular weight is 515 g/mol. The standard InChI is InChI=1S/C27H42N6O4/c1-5-7-9-20-22(32-37-23(20)27(12-8-6-2)35-13-14-36-27)25-30-24(29)21(18(4)28)26(31-25)33-15-17(3)10-11-19(33)16-34/h17,19,28,34H,5-16H2,1-4H3,(H2,29,30,31)/t17?,19-/m1/s1. The van der Waals surface area contributed by atoms with E-state index in [0.717, 1.165) is 57.1 Å². The molecule has 0 aromatic carbocycles. The largest absolute Gasteiger partial charge is 0.394 e. The minimum atomic E-state index is -0.950. The van der Waals surface area contributed by atoms with Crippen molar-refractivity contribution in [2.75, 3.05) is 37.0 Å². The van der Waals surface area contributed by atoms with Gasteiger partial charge in [0, 0.05) is 24.2 Å². The van der Waals surface area contributed by atoms with E-state index in [1.165, 1.54) is 0 Å². The van der Waals surface area contributed by atoms with Crippen LogP contribution in [0.4, 0.5) is 11.6 Å². The van der Waals surface area contributed by atoms with Crippen LogP contribution >= 0.6 is 0 Å². The lowest BCUT2D eigenvalue weighted by Crippen LogP contribution is -2.46. The van der Waals surface area contributed by atoms with Crippen molar-refractivity contribution in [1.82, 2.24) is 15.1 Å². The quantitative estimate of drug-likeness (QED) is 0.371. The van der Waals surface area contributed by atoms with Gasteiger partial charge in [-0.05, 0) is 44.9 Å². The molecule has 0 amide bonds. The van der Waals surface area contributed by atoms with Crippen molar-refractivity contribution < 1.29 is 19.1 Å². The number of nitrogens with one attached hydrogen (secondary N) is 1. The fraction of sp³-hybridized carbons (Fsp3) is 0.704. The minimum Gasteiger partial charge on any atom is -0.394 e. The molecule has 0 radical (unpaired) electrons. The van der Waals surface area contributed by atoms with Gasteiger partial charge in [-0.1, -0.05) is 38.8 Å². The van der Waals surface area contributed by atoms with Gasteiger partial charge in [-0.2, -0.15) is 0 Å². The average Bonchev–Trinajstić information content (AvgIpc) is 3.53. The summed E-state index contributed by atoms with van der Waals surface area (Å²) >= 11 is 0. The maximum absolute atomic E-state index is 10.1. The van der Waals surface area contributed by atoms with Gasteiger partial charge in [-0.25, -0.2) is 9.97 Å². The molecule has 10 nitrogen and oxygen atoms in total. The minimum absolute atomic E-state index is 0.00688. The first-order valence-corrected chi connectivity index (χ1v) is 13.7. The van der Waals surface area contributed by atoms with E-state index in [4.69, 9.17) is 30.1 Å². The molecule has 4 rings (SSSR count). The van der Waals surface area contributed by atoms with Crippen LogP contribution in [0, 0.1) is 11.3 Å². The Bertz CT molecular complexity index is 1080. The molecule has 2 saturated heterocycles. The van der Waals surface area contributed by atoms with Crippen molar-refractivity contribution in [3.05, 3.63) is 16.9 Å². The summed E-state index contributed by atoms with van der Waals surface area (Å²) in [6.07, 6.45) is 7.14. The Morgan fingerprint density at radius 2 is 1.89 bits per heavy atom. The molecule has 0 aliphatic carbocycles. The third-order valence-electron chi connectivity index (χ3n) is 7.46. The summed E-state index contributed by atoms with van der Waals surface area (Å²) in [6, 6.07) is -0.0958. The lowest BCUT2D eigenvalue weighted by molar-refractivity contribution is -0.186. The van der Waals surface area contributed by atoms with E-state index in [1.54, 1.807) is 6.92 Å². The van der Waals surface area contributed by atoms with Crippen LogP contribution in [0.5, 0.6) is 0 Å². The number of piperidine rings is 1. The number of rotatable bonds is 11. The van der Waals surface area contributed by atoms with Crippen LogP contribution in [-0.4, -0.2) is 58.4 Å². The number of nitrogen functional groups attached to an aromatic ring is 1. The highest BCUT2D eigenvalue weighted by Gasteiger charge is 2.45. The van der Waals surface area contributed by atoms with Crippen LogP contribution in [0.25, 0.3) is 11.5 Å². The molecule has 2 aliphatic rings. The highest BCUT2D eigenvalue weighted by atomic mass is 16.7. The van der Waals surface area contributed by atoms with Crippen molar-refractivity contribution in [1.29, 1.82) is 5.41 Å². The molecule has 2 fully saturated rings. The van der Waals surface area contributed by atoms with Gasteiger partial charge in [0.2, 0.25) is 5.79 Å². The molecule has 0 bridgehead atoms. The Kier molecular flexibility index (Phi) is 8.82. The third-order valence-corrected chi connectivity index (χ3v) is 7.46. The predicted octanol–water partition coefficient (Wildman–Crippen LogP) is 4.43. The lowest BCUT2D eigenvalue weighted by atomic mass is 9.93. The van der Waals surface area contributed by atoms with Crippen molar-refractivity contribution in [3.8, 4) is 11.5 Å². The summed E-state index contributed by atoms with van der Waals surface area (Å²) in [5, 5.41) is 23.0. The molecule has 204 valence electrons. The van der Waals surface area contributed by atoms with Crippen LogP contribution in [0.3, 0.4) is 0 Å². The number of nitrogens with zero attached hydrogens (tertiary/aromatic N) is 4. The molecule has 4 heterocycles. The first kappa shape index (κ1) is 27.5. The smallest absolute Gasteiger partial charge is 0.231 e. The molecule has 2 atom stereocenters. The maximum Gasteiger partial charge on any atom is 0.231 e. The summed E-state index contributed by atoms with van der Waals surface area (Å²) in [5.74, 6) is 1.22. The number of aliphatic hydroxyl groups excluding tert-OH is 1. The van der Waals surface area contributed by atoms with Crippen LogP contribution < -0.4 is 10.6 Å². The molecule has 2 aromatic heterocycles. The molecule has 0 saturated carbocycles. The van der Waals surface area contributed by atoms with E-state index in [9.17, 15) is 5.11 Å². The number of hydrogen-bond acceptors (Lipinski definition) is 10. The Morgan fingerprint density at radius 3 is 2.54 bits per heavy atom. The Morgan fingerprint density at radius 1 is 1.16 bits per heavy atom. The fourth-order valence-electron chi connectivity index (χ4n) is 5.42. The van der Waals surface area contributed by atoms with Gasteiger partial charge in [0.05, 0.1) is 31.4 Å². The number of ether oxygens (including phenoxy) is 2. The number of anilines is 2. The van der Waals surface area contributed by atoms with Crippen molar-refractivity contribution in [2.24, 2.45) is 5.92 Å². The monoisotopic (exact) mass is 514 g/mol. The fourth-order valence-corrected chi connectivity index (χ4v) is 5.42. The van der Waals surface area contributed by atoms with E-state index in [2.05, 4.69) is 35.8 Å². The Labute approximate surface area is 219 Å². The van der Waals surface area contributed by atoms with Crippen molar-refractivity contribution in [3.63, 3.8) is 0 Å². The van der Waals surface area contributed by atoms with Crippen LogP contribution in [-0.2, 0) is 21.7 Å². The number of unbranched alkanes of at least 4 members (excludes halogenated alkanes) is 2. The van der Waals surface area contributed by atoms with Gasteiger partial charge in [0.1, 0.15) is 11.6 Å². The number of aromatic nitrogens is 3. The highest BCUT2D eigenvalue weighted by Crippen LogP contribution is 2.42. The van der Waals surface area contributed by atoms with Crippen LogP contribution in [0.15, 0.2) is 4.52 Å². The first-order valence-electron chi connectivity index (χ1n) is 13.7. The zero-order chi connectivity index (χ0) is 26.6. The SMILES string of the molecule is CCCCc1c(-c2nc(N)c(C(C)=N)c(N3CC(C)CC[C@@H]3CO)n2)noc1C1(CCCC)OCCO1. The zero-order valence-corrected chi connectivity index (χ0v) is 22.7. The summed E-state index contributed by atoms with van der Waals surface area (Å²) < 4.78 is 18.3. The summed E-state index contributed by atoms with van der Waals surface area (Å²) in [7, 11) is 0. The molecule has 0 spiro atoms. The van der Waals surface area contributed by atoms with Gasteiger partial charge in [0.25, 0.3) is 0 Å². The van der Waals surface area contributed by atoms with Gasteiger partial charge in [-0.3, -0.25) is 0 Å². The van der Waals surface area contributed by atoms with Crippen molar-refractivity contribution in [2.45, 2.75) is 90.9 Å². The molecule has 1 unspecified atom stereocenters. The van der Waals surface area contributed by atoms with E-state index >= 15 is 0 Å². The van der Waals surface area contributed by atoms with Crippen LogP contribution in [0.1, 0.15) is 89.5 Å². The molecule has 10 heteroatoms. The first-order chi connectivity index (χ1) is 17.8. The van der Waals surface area contributed by atoms with Crippen molar-refractivity contribution >= 4 is 17.3 Å². The van der Waals surface area contributed by atoms with E-state index in [-0.39, 0.29) is 24.2 Å². The molecule has 2 aliphatic heterocycles. The number of nitrogens with two attached hydrogens (primary N) is 1. The second kappa shape index (κ2) is 11.9. The maximum atomic E-state index is 10.1. The van der Waals surface area contributed by atoms with Gasteiger partial charge in [-0.15, -0.1) is 0 Å². The summed E-state index contributed by atoms with van der Waals surface area (Å²) in [6.45, 7) is 9.89. The van der Waals surface area contributed by atoms with Gasteiger partial charge < -0.3 is 35.1 Å². The Balaban J connectivity index is 1.85. The van der Waals surface area contributed by atoms with Gasteiger partial charge >= 0.3 is 0 Å². The molecular weight excluding hydrogens is 472 g/mol.